The molecular weight excluding hydrogens is 492 g/mol. The van der Waals surface area contributed by atoms with Crippen molar-refractivity contribution < 1.29 is 13.2 Å². The molecule has 1 amide bonds. The summed E-state index contributed by atoms with van der Waals surface area (Å²) in [4.78, 5) is 13.5. The third-order valence-corrected chi connectivity index (χ3v) is 8.06. The number of sulfonamides is 1. The van der Waals surface area contributed by atoms with Crippen molar-refractivity contribution in [3.05, 3.63) is 124 Å². The van der Waals surface area contributed by atoms with Gasteiger partial charge in [0, 0.05) is 10.7 Å². The number of para-hydroxylation sites is 1. The van der Waals surface area contributed by atoms with Crippen LogP contribution in [0, 0.1) is 20.8 Å². The molecule has 0 bridgehead atoms. The molecule has 0 saturated heterocycles. The largest absolute Gasteiger partial charge is 0.322 e. The van der Waals surface area contributed by atoms with Gasteiger partial charge >= 0.3 is 0 Å². The lowest BCUT2D eigenvalue weighted by molar-refractivity contribution is 0.102. The number of benzene rings is 4. The van der Waals surface area contributed by atoms with Crippen LogP contribution in [-0.2, 0) is 16.6 Å². The van der Waals surface area contributed by atoms with E-state index in [1.165, 1.54) is 4.31 Å². The first kappa shape index (κ1) is 25.5. The standard InChI is InChI=1S/C29H27ClN2O3S/c1-20-8-16-26(17-9-20)36(34,35)32(19-23-11-13-24(30)14-12-23)28-7-5-4-6-27(28)29(33)31-25-15-10-21(2)22(3)18-25/h4-18H,19H2,1-3H3,(H,31,33). The molecule has 4 aromatic rings. The van der Waals surface area contributed by atoms with Crippen LogP contribution in [0.15, 0.2) is 95.9 Å². The molecule has 0 aliphatic rings. The quantitative estimate of drug-likeness (QED) is 0.289. The van der Waals surface area contributed by atoms with Crippen LogP contribution in [0.1, 0.15) is 32.6 Å². The normalized spacial score (nSPS) is 11.2. The number of hydrogen-bond donors (Lipinski definition) is 1. The molecule has 0 heterocycles. The molecular formula is C29H27ClN2O3S. The molecule has 184 valence electrons. The lowest BCUT2D eigenvalue weighted by Gasteiger charge is -2.27. The number of amides is 1. The zero-order chi connectivity index (χ0) is 25.9. The summed E-state index contributed by atoms with van der Waals surface area (Å²) in [7, 11) is -4.00. The Labute approximate surface area is 217 Å². The highest BCUT2D eigenvalue weighted by atomic mass is 35.5. The Morgan fingerprint density at radius 3 is 2.17 bits per heavy atom. The van der Waals surface area contributed by atoms with Crippen molar-refractivity contribution in [1.82, 2.24) is 0 Å². The SMILES string of the molecule is Cc1ccc(S(=O)(=O)N(Cc2ccc(Cl)cc2)c2ccccc2C(=O)Nc2ccc(C)c(C)c2)cc1. The van der Waals surface area contributed by atoms with E-state index in [9.17, 15) is 13.2 Å². The van der Waals surface area contributed by atoms with Crippen molar-refractivity contribution in [2.45, 2.75) is 32.2 Å². The summed E-state index contributed by atoms with van der Waals surface area (Å²) in [6.45, 7) is 5.90. The molecule has 36 heavy (non-hydrogen) atoms. The third-order valence-electron chi connectivity index (χ3n) is 6.03. The Kier molecular flexibility index (Phi) is 7.48. The first-order valence-electron chi connectivity index (χ1n) is 11.5. The maximum absolute atomic E-state index is 13.9. The van der Waals surface area contributed by atoms with Crippen molar-refractivity contribution in [3.8, 4) is 0 Å². The number of anilines is 2. The van der Waals surface area contributed by atoms with E-state index in [4.69, 9.17) is 11.6 Å². The molecule has 5 nitrogen and oxygen atoms in total. The minimum atomic E-state index is -4.00. The number of nitrogens with one attached hydrogen (secondary N) is 1. The maximum atomic E-state index is 13.9. The van der Waals surface area contributed by atoms with Gasteiger partial charge in [-0.1, -0.05) is 59.6 Å². The van der Waals surface area contributed by atoms with Crippen LogP contribution >= 0.6 is 11.6 Å². The topological polar surface area (TPSA) is 66.5 Å². The number of halogens is 1. The Morgan fingerprint density at radius 2 is 1.50 bits per heavy atom. The van der Waals surface area contributed by atoms with Crippen LogP contribution in [-0.4, -0.2) is 14.3 Å². The second-order valence-corrected chi connectivity index (χ2v) is 11.0. The minimum Gasteiger partial charge on any atom is -0.322 e. The summed E-state index contributed by atoms with van der Waals surface area (Å²) in [6, 6.07) is 26.0. The van der Waals surface area contributed by atoms with Crippen LogP contribution in [0.25, 0.3) is 0 Å². The summed E-state index contributed by atoms with van der Waals surface area (Å²) < 4.78 is 29.1. The molecule has 0 aromatic heterocycles. The first-order valence-corrected chi connectivity index (χ1v) is 13.3. The molecule has 4 rings (SSSR count). The number of carbonyl (C=O) groups excluding carboxylic acids is 1. The zero-order valence-electron chi connectivity index (χ0n) is 20.3. The van der Waals surface area contributed by atoms with Gasteiger partial charge in [0.2, 0.25) is 0 Å². The predicted octanol–water partition coefficient (Wildman–Crippen LogP) is 6.91. The van der Waals surface area contributed by atoms with E-state index in [0.29, 0.717) is 10.7 Å². The second-order valence-electron chi connectivity index (χ2n) is 8.72. The molecule has 0 radical (unpaired) electrons. The Balaban J connectivity index is 1.78. The Hall–Kier alpha value is -3.61. The third kappa shape index (κ3) is 5.61. The highest BCUT2D eigenvalue weighted by Gasteiger charge is 2.28. The fraction of sp³-hybridized carbons (Fsp3) is 0.138. The van der Waals surface area contributed by atoms with Gasteiger partial charge in [-0.05, 0) is 86.0 Å². The van der Waals surface area contributed by atoms with Crippen molar-refractivity contribution in [3.63, 3.8) is 0 Å². The number of hydrogen-bond acceptors (Lipinski definition) is 3. The van der Waals surface area contributed by atoms with Gasteiger partial charge in [-0.25, -0.2) is 8.42 Å². The van der Waals surface area contributed by atoms with E-state index in [-0.39, 0.29) is 22.7 Å². The van der Waals surface area contributed by atoms with Gasteiger partial charge in [0.05, 0.1) is 22.7 Å². The second kappa shape index (κ2) is 10.6. The first-order chi connectivity index (χ1) is 17.1. The van der Waals surface area contributed by atoms with Crippen LogP contribution in [0.5, 0.6) is 0 Å². The van der Waals surface area contributed by atoms with Crippen molar-refractivity contribution in [2.75, 3.05) is 9.62 Å². The van der Waals surface area contributed by atoms with Crippen LogP contribution in [0.3, 0.4) is 0 Å². The monoisotopic (exact) mass is 518 g/mol. The predicted molar refractivity (Wildman–Crippen MR) is 146 cm³/mol. The van der Waals surface area contributed by atoms with Crippen LogP contribution in [0.4, 0.5) is 11.4 Å². The van der Waals surface area contributed by atoms with E-state index in [1.807, 2.05) is 39.0 Å². The average molecular weight is 519 g/mol. The summed E-state index contributed by atoms with van der Waals surface area (Å²) >= 11 is 6.05. The molecule has 4 aromatic carbocycles. The summed E-state index contributed by atoms with van der Waals surface area (Å²) in [5, 5.41) is 3.47. The highest BCUT2D eigenvalue weighted by molar-refractivity contribution is 7.92. The van der Waals surface area contributed by atoms with Gasteiger partial charge < -0.3 is 5.32 Å². The Bertz CT molecular complexity index is 1500. The smallest absolute Gasteiger partial charge is 0.264 e. The lowest BCUT2D eigenvalue weighted by atomic mass is 10.1. The van der Waals surface area contributed by atoms with Crippen molar-refractivity contribution in [1.29, 1.82) is 0 Å². The van der Waals surface area contributed by atoms with Crippen molar-refractivity contribution >= 4 is 38.9 Å². The van der Waals surface area contributed by atoms with E-state index < -0.39 is 15.9 Å². The molecule has 0 saturated carbocycles. The van der Waals surface area contributed by atoms with Gasteiger partial charge in [0.1, 0.15) is 0 Å². The summed E-state index contributed by atoms with van der Waals surface area (Å²) in [5.41, 5.74) is 5.03. The van der Waals surface area contributed by atoms with E-state index in [0.717, 1.165) is 22.3 Å². The van der Waals surface area contributed by atoms with E-state index >= 15 is 0 Å². The molecule has 0 aliphatic carbocycles. The average Bonchev–Trinajstić information content (AvgIpc) is 2.86. The molecule has 0 aliphatic heterocycles. The molecule has 0 unspecified atom stereocenters. The van der Waals surface area contributed by atoms with Crippen molar-refractivity contribution in [2.24, 2.45) is 0 Å². The highest BCUT2D eigenvalue weighted by Crippen LogP contribution is 2.30. The summed E-state index contributed by atoms with van der Waals surface area (Å²) in [5.74, 6) is -0.394. The van der Waals surface area contributed by atoms with E-state index in [1.54, 1.807) is 72.8 Å². The zero-order valence-corrected chi connectivity index (χ0v) is 21.9. The van der Waals surface area contributed by atoms with E-state index in [2.05, 4.69) is 5.32 Å². The fourth-order valence-electron chi connectivity index (χ4n) is 3.79. The number of nitrogens with zero attached hydrogens (tertiary/aromatic N) is 1. The van der Waals surface area contributed by atoms with Crippen LogP contribution in [0.2, 0.25) is 5.02 Å². The maximum Gasteiger partial charge on any atom is 0.264 e. The number of carbonyl (C=O) groups is 1. The number of aryl methyl sites for hydroxylation is 3. The van der Waals surface area contributed by atoms with Gasteiger partial charge in [-0.15, -0.1) is 0 Å². The van der Waals surface area contributed by atoms with Gasteiger partial charge in [0.15, 0.2) is 0 Å². The molecule has 7 heteroatoms. The van der Waals surface area contributed by atoms with Gasteiger partial charge in [0.25, 0.3) is 15.9 Å². The summed E-state index contributed by atoms with van der Waals surface area (Å²) in [6.07, 6.45) is 0. The molecule has 0 fully saturated rings. The molecule has 0 atom stereocenters. The molecule has 0 spiro atoms. The van der Waals surface area contributed by atoms with Crippen LogP contribution < -0.4 is 9.62 Å². The lowest BCUT2D eigenvalue weighted by Crippen LogP contribution is -2.32. The fourth-order valence-corrected chi connectivity index (χ4v) is 5.39. The Morgan fingerprint density at radius 1 is 0.833 bits per heavy atom. The number of rotatable bonds is 7. The van der Waals surface area contributed by atoms with Gasteiger partial charge in [-0.3, -0.25) is 9.10 Å². The van der Waals surface area contributed by atoms with Gasteiger partial charge in [-0.2, -0.15) is 0 Å². The minimum absolute atomic E-state index is 0.0291. The molecule has 1 N–H and O–H groups in total.